The van der Waals surface area contributed by atoms with Crippen molar-refractivity contribution in [1.29, 1.82) is 0 Å². The summed E-state index contributed by atoms with van der Waals surface area (Å²) in [7, 11) is 0. The zero-order valence-corrected chi connectivity index (χ0v) is 31.7. The molecule has 0 heterocycles. The summed E-state index contributed by atoms with van der Waals surface area (Å²) in [5.41, 5.74) is 1.89. The second kappa shape index (κ2) is 25.7. The van der Waals surface area contributed by atoms with Crippen molar-refractivity contribution in [3.63, 3.8) is 0 Å². The number of nitrogens with zero attached hydrogens (tertiary/aromatic N) is 2. The molecule has 0 aliphatic rings. The van der Waals surface area contributed by atoms with Gasteiger partial charge in [0.2, 0.25) is 0 Å². The largest absolute Gasteiger partial charge is 1.00 e. The van der Waals surface area contributed by atoms with E-state index in [-0.39, 0.29) is 238 Å². The molecule has 0 N–H and O–H groups in total. The Bertz CT molecular complexity index is 616. The van der Waals surface area contributed by atoms with Crippen molar-refractivity contribution >= 4 is 17.9 Å². The number of aliphatic carboxylic acids is 3. The maximum Gasteiger partial charge on any atom is 1.00 e. The smallest absolute Gasteiger partial charge is 0.550 e. The Labute approximate surface area is 354 Å². The number of rotatable bonds is 14. The van der Waals surface area contributed by atoms with E-state index >= 15 is 0 Å². The second-order valence-corrected chi connectivity index (χ2v) is 6.23. The molecule has 1 aromatic rings. The van der Waals surface area contributed by atoms with Crippen molar-refractivity contribution in [1.82, 2.24) is 9.80 Å². The van der Waals surface area contributed by atoms with Crippen LogP contribution in [-0.4, -0.2) is 53.9 Å². The first kappa shape index (κ1) is 42.2. The van der Waals surface area contributed by atoms with Crippen LogP contribution in [0.4, 0.5) is 0 Å². The van der Waals surface area contributed by atoms with E-state index in [1.54, 1.807) is 4.90 Å². The molecule has 0 saturated heterocycles. The molecule has 0 aliphatic heterocycles. The molecule has 1 aromatic carbocycles. The fourth-order valence-electron chi connectivity index (χ4n) is 2.55. The van der Waals surface area contributed by atoms with E-state index in [1.165, 1.54) is 0 Å². The molecule has 31 heavy (non-hydrogen) atoms. The van der Waals surface area contributed by atoms with E-state index in [0.717, 1.165) is 11.1 Å². The molecular weight excluding hydrogens is 509 g/mol. The molecule has 12 heteroatoms. The molecule has 0 saturated carbocycles. The summed E-state index contributed by atoms with van der Waals surface area (Å²) in [6, 6.07) is 7.54. The molecule has 0 atom stereocenters. The summed E-state index contributed by atoms with van der Waals surface area (Å²) in [6.45, 7) is 5.95. The van der Waals surface area contributed by atoms with Gasteiger partial charge in [-0.3, -0.25) is 4.90 Å². The summed E-state index contributed by atoms with van der Waals surface area (Å²) >= 11 is 0. The van der Waals surface area contributed by atoms with Crippen molar-refractivity contribution in [2.45, 2.75) is 32.4 Å². The maximum absolute atomic E-state index is 10.6. The number of carboxylic acids is 3. The van der Waals surface area contributed by atoms with Gasteiger partial charge in [0.1, 0.15) is 0 Å². The van der Waals surface area contributed by atoms with Crippen LogP contribution in [0, 0.1) is 6.92 Å². The van der Waals surface area contributed by atoms with Gasteiger partial charge in [-0.2, -0.15) is 0 Å². The predicted octanol–water partition coefficient (Wildman–Crippen LogP) is -14.4. The fourth-order valence-corrected chi connectivity index (χ4v) is 2.55. The average Bonchev–Trinajstić information content (AvgIpc) is 2.61. The van der Waals surface area contributed by atoms with Crippen molar-refractivity contribution < 1.29 is 235 Å². The van der Waals surface area contributed by atoms with Gasteiger partial charge in [-0.15, -0.1) is 6.54 Å². The Morgan fingerprint density at radius 3 is 1.23 bits per heavy atom. The molecular formula is C19H24K4N2O6. The Morgan fingerprint density at radius 1 is 0.645 bits per heavy atom. The van der Waals surface area contributed by atoms with Crippen LogP contribution in [0.2, 0.25) is 0 Å². The fraction of sp³-hybridized carbons (Fsp3) is 0.474. The molecule has 1 rings (SSSR count). The number of benzene rings is 1. The van der Waals surface area contributed by atoms with Crippen molar-refractivity contribution in [3.8, 4) is 0 Å². The van der Waals surface area contributed by atoms with Crippen LogP contribution >= 0.6 is 0 Å². The Kier molecular flexibility index (Phi) is 35.0. The second-order valence-electron chi connectivity index (χ2n) is 6.23. The van der Waals surface area contributed by atoms with Crippen LogP contribution in [0.25, 0.3) is 0 Å². The predicted molar refractivity (Wildman–Crippen MR) is 91.2 cm³/mol. The zero-order chi connectivity index (χ0) is 20.2. The molecule has 0 unspecified atom stereocenters. The van der Waals surface area contributed by atoms with Gasteiger partial charge in [-0.25, -0.2) is 0 Å². The zero-order valence-electron chi connectivity index (χ0n) is 19.2. The third-order valence-electron chi connectivity index (χ3n) is 4.05. The Morgan fingerprint density at radius 2 is 0.935 bits per heavy atom. The van der Waals surface area contributed by atoms with Crippen molar-refractivity contribution in [3.05, 3.63) is 42.3 Å². The summed E-state index contributed by atoms with van der Waals surface area (Å²) < 4.78 is 0. The van der Waals surface area contributed by atoms with Gasteiger partial charge < -0.3 is 41.5 Å². The molecule has 0 bridgehead atoms. The minimum Gasteiger partial charge on any atom is -0.550 e. The molecule has 0 spiro atoms. The minimum atomic E-state index is -1.19. The standard InChI is InChI=1S/C19H27N2O6.4K/c1-2-20(10-7-17(22)23)13-15-3-5-16(6-4-15)14-21(11-8-18(24)25)12-9-19(26)27;;;;/h3-6H,1-2,7-14H2,(H,22,23)(H,24,25)(H,26,27);;;;/q-1;4*+1/p-3. The summed E-state index contributed by atoms with van der Waals surface area (Å²) in [5.74, 6) is -3.47. The first-order valence-corrected chi connectivity index (χ1v) is 8.71. The minimum absolute atomic E-state index is 0. The van der Waals surface area contributed by atoms with Crippen LogP contribution in [0.1, 0.15) is 30.4 Å². The van der Waals surface area contributed by atoms with E-state index in [9.17, 15) is 29.7 Å². The molecule has 0 radical (unpaired) electrons. The molecule has 150 valence electrons. The average molecular weight is 533 g/mol. The van der Waals surface area contributed by atoms with E-state index < -0.39 is 17.9 Å². The van der Waals surface area contributed by atoms with E-state index in [0.29, 0.717) is 26.2 Å². The number of carbonyl (C=O) groups excluding carboxylic acids is 3. The molecule has 0 aromatic heterocycles. The maximum atomic E-state index is 10.6. The van der Waals surface area contributed by atoms with Gasteiger partial charge >= 0.3 is 206 Å². The molecule has 0 aliphatic carbocycles. The van der Waals surface area contributed by atoms with Crippen LogP contribution in [0.3, 0.4) is 0 Å². The van der Waals surface area contributed by atoms with E-state index in [1.807, 2.05) is 29.2 Å². The van der Waals surface area contributed by atoms with Crippen LogP contribution in [0.5, 0.6) is 0 Å². The van der Waals surface area contributed by atoms with E-state index in [2.05, 4.69) is 6.92 Å². The van der Waals surface area contributed by atoms with Crippen molar-refractivity contribution in [2.75, 3.05) is 26.2 Å². The Balaban J connectivity index is -0.000000911. The quantitative estimate of drug-likeness (QED) is 0.171. The van der Waals surface area contributed by atoms with Gasteiger partial charge in [0, 0.05) is 50.6 Å². The normalized spacial score (nSPS) is 9.65. The molecule has 0 fully saturated rings. The SMILES string of the molecule is [CH2-]CN(CCC(=O)[O-])Cc1ccc(CN(CCC(=O)[O-])CCC(=O)[O-])cc1.[K+].[K+].[K+].[K+]. The molecule has 0 amide bonds. The van der Waals surface area contributed by atoms with Gasteiger partial charge in [0.25, 0.3) is 0 Å². The first-order chi connectivity index (χ1) is 12.8. The van der Waals surface area contributed by atoms with Crippen LogP contribution in [0.15, 0.2) is 24.3 Å². The van der Waals surface area contributed by atoms with Gasteiger partial charge in [-0.1, -0.05) is 24.3 Å². The van der Waals surface area contributed by atoms with E-state index in [4.69, 9.17) is 0 Å². The summed E-state index contributed by atoms with van der Waals surface area (Å²) in [6.07, 6.45) is -0.413. The topological polar surface area (TPSA) is 127 Å². The number of carboxylic acid groups (broad SMARTS) is 3. The third-order valence-corrected chi connectivity index (χ3v) is 4.05. The first-order valence-electron chi connectivity index (χ1n) is 8.71. The number of hydrogen-bond acceptors (Lipinski definition) is 8. The molecule has 8 nitrogen and oxygen atoms in total. The number of hydrogen-bond donors (Lipinski definition) is 0. The van der Waals surface area contributed by atoms with Crippen LogP contribution < -0.4 is 221 Å². The van der Waals surface area contributed by atoms with Gasteiger partial charge in [0.15, 0.2) is 0 Å². The van der Waals surface area contributed by atoms with Crippen molar-refractivity contribution in [2.24, 2.45) is 0 Å². The number of carbonyl (C=O) groups is 3. The van der Waals surface area contributed by atoms with Gasteiger partial charge in [-0.05, 0) is 30.4 Å². The summed E-state index contributed by atoms with van der Waals surface area (Å²) in [4.78, 5) is 35.5. The Hall–Kier alpha value is 4.10. The van der Waals surface area contributed by atoms with Crippen LogP contribution in [-0.2, 0) is 27.5 Å². The van der Waals surface area contributed by atoms with Gasteiger partial charge in [0.05, 0.1) is 0 Å². The monoisotopic (exact) mass is 532 g/mol. The third kappa shape index (κ3) is 23.0. The summed E-state index contributed by atoms with van der Waals surface area (Å²) in [5, 5.41) is 31.9.